The lowest BCUT2D eigenvalue weighted by Gasteiger charge is -2.22. The van der Waals surface area contributed by atoms with Crippen LogP contribution in [0.2, 0.25) is 0 Å². The Labute approximate surface area is 172 Å². The molecule has 2 atom stereocenters. The topological polar surface area (TPSA) is 116 Å². The third-order valence-corrected chi connectivity index (χ3v) is 5.79. The highest BCUT2D eigenvalue weighted by molar-refractivity contribution is 6.00. The molecule has 2 aliphatic heterocycles. The van der Waals surface area contributed by atoms with Crippen LogP contribution in [0.5, 0.6) is 0 Å². The molecule has 1 N–H and O–H groups in total. The van der Waals surface area contributed by atoms with Crippen molar-refractivity contribution in [1.82, 2.24) is 39.6 Å². The second kappa shape index (κ2) is 7.08. The maximum Gasteiger partial charge on any atom is 0.291 e. The van der Waals surface area contributed by atoms with E-state index in [9.17, 15) is 9.59 Å². The zero-order chi connectivity index (χ0) is 20.8. The van der Waals surface area contributed by atoms with Crippen LogP contribution in [0.1, 0.15) is 47.3 Å². The van der Waals surface area contributed by atoms with Crippen LogP contribution in [0, 0.1) is 0 Å². The Morgan fingerprint density at radius 3 is 2.90 bits per heavy atom. The van der Waals surface area contributed by atoms with E-state index in [1.54, 1.807) is 28.7 Å². The molecule has 0 aromatic carbocycles. The number of hydrogen-bond acceptors (Lipinski definition) is 6. The van der Waals surface area contributed by atoms with E-state index in [2.05, 4.69) is 25.6 Å². The quantitative estimate of drug-likeness (QED) is 0.665. The number of carbonyl (C=O) groups excluding carboxylic acids is 2. The largest absolute Gasteiger partial charge is 0.337 e. The molecular formula is C19H23N9O2. The van der Waals surface area contributed by atoms with Gasteiger partial charge in [-0.25, -0.2) is 14.3 Å². The van der Waals surface area contributed by atoms with E-state index in [0.29, 0.717) is 18.8 Å². The predicted molar refractivity (Wildman–Crippen MR) is 106 cm³/mol. The standard InChI is InChI=1S/C19H23N9O2/c1-25-11-12(10-21-25)14-4-3-5-15-23-17(24-28(14)15)18(29)22-13-7-9-27-16(6-8-20-27)26(2)19(13)30/h6,8,10-11,13-14H,3-5,7,9H2,1-2H3,(H,22,29)/t13-,14+/m0/s1. The van der Waals surface area contributed by atoms with Crippen LogP contribution in [0.25, 0.3) is 0 Å². The number of rotatable bonds is 3. The minimum absolute atomic E-state index is 0.0131. The Morgan fingerprint density at radius 1 is 1.23 bits per heavy atom. The fourth-order valence-electron chi connectivity index (χ4n) is 4.23. The molecule has 0 unspecified atom stereocenters. The number of likely N-dealkylation sites (N-methyl/N-ethyl adjacent to an activating group) is 1. The molecule has 2 aliphatic rings. The number of nitrogens with zero attached hydrogens (tertiary/aromatic N) is 8. The molecule has 3 aromatic rings. The average molecular weight is 409 g/mol. The third kappa shape index (κ3) is 3.06. The lowest BCUT2D eigenvalue weighted by Crippen LogP contribution is -2.47. The van der Waals surface area contributed by atoms with E-state index in [4.69, 9.17) is 0 Å². The Balaban J connectivity index is 1.36. The summed E-state index contributed by atoms with van der Waals surface area (Å²) in [6.07, 6.45) is 8.56. The zero-order valence-corrected chi connectivity index (χ0v) is 16.9. The summed E-state index contributed by atoms with van der Waals surface area (Å²) in [6.45, 7) is 0.541. The maximum atomic E-state index is 12.9. The van der Waals surface area contributed by atoms with E-state index < -0.39 is 11.9 Å². The van der Waals surface area contributed by atoms with Gasteiger partial charge in [-0.15, -0.1) is 5.10 Å². The van der Waals surface area contributed by atoms with Gasteiger partial charge in [0.1, 0.15) is 17.7 Å². The van der Waals surface area contributed by atoms with Crippen molar-refractivity contribution in [3.63, 3.8) is 0 Å². The van der Waals surface area contributed by atoms with Gasteiger partial charge < -0.3 is 5.32 Å². The summed E-state index contributed by atoms with van der Waals surface area (Å²) in [5.74, 6) is 0.975. The number of carbonyl (C=O) groups is 2. The highest BCUT2D eigenvalue weighted by Crippen LogP contribution is 2.29. The van der Waals surface area contributed by atoms with Crippen molar-refractivity contribution in [1.29, 1.82) is 0 Å². The fraction of sp³-hybridized carbons (Fsp3) is 0.474. The van der Waals surface area contributed by atoms with Gasteiger partial charge in [-0.05, 0) is 19.3 Å². The Hall–Kier alpha value is -3.50. The number of hydrogen-bond donors (Lipinski definition) is 1. The van der Waals surface area contributed by atoms with Crippen LogP contribution in [0.3, 0.4) is 0 Å². The van der Waals surface area contributed by atoms with E-state index in [1.807, 2.05) is 24.1 Å². The first-order chi connectivity index (χ1) is 14.5. The molecule has 5 heterocycles. The van der Waals surface area contributed by atoms with Crippen LogP contribution in [-0.2, 0) is 24.8 Å². The molecule has 0 radical (unpaired) electrons. The highest BCUT2D eigenvalue weighted by atomic mass is 16.2. The monoisotopic (exact) mass is 409 g/mol. The first-order valence-corrected chi connectivity index (χ1v) is 10.1. The Bertz CT molecular complexity index is 1110. The molecule has 11 heteroatoms. The number of anilines is 1. The molecule has 0 saturated heterocycles. The zero-order valence-electron chi connectivity index (χ0n) is 16.9. The number of aromatic nitrogens is 7. The summed E-state index contributed by atoms with van der Waals surface area (Å²) >= 11 is 0. The van der Waals surface area contributed by atoms with Gasteiger partial charge in [0.15, 0.2) is 0 Å². The Kier molecular flexibility index (Phi) is 4.37. The molecule has 30 heavy (non-hydrogen) atoms. The molecule has 3 aromatic heterocycles. The van der Waals surface area contributed by atoms with Crippen LogP contribution < -0.4 is 10.2 Å². The van der Waals surface area contributed by atoms with Gasteiger partial charge in [0.05, 0.1) is 18.4 Å². The van der Waals surface area contributed by atoms with Crippen LogP contribution >= 0.6 is 0 Å². The molecular weight excluding hydrogens is 386 g/mol. The fourth-order valence-corrected chi connectivity index (χ4v) is 4.23. The molecule has 0 bridgehead atoms. The van der Waals surface area contributed by atoms with E-state index in [0.717, 1.165) is 30.7 Å². The number of aryl methyl sites for hydroxylation is 3. The summed E-state index contributed by atoms with van der Waals surface area (Å²) in [6, 6.07) is 1.14. The molecule has 2 amide bonds. The first-order valence-electron chi connectivity index (χ1n) is 10.1. The van der Waals surface area contributed by atoms with Crippen molar-refractivity contribution >= 4 is 17.6 Å². The van der Waals surface area contributed by atoms with Gasteiger partial charge in [-0.3, -0.25) is 19.2 Å². The SMILES string of the molecule is CN1C(=O)[C@@H](NC(=O)c2nc3n(n2)[C@@H](c2cnn(C)c2)CCC3)CCn2nccc21. The maximum absolute atomic E-state index is 12.9. The predicted octanol–water partition coefficient (Wildman–Crippen LogP) is 0.299. The van der Waals surface area contributed by atoms with Crippen molar-refractivity contribution in [2.45, 2.75) is 44.3 Å². The molecule has 156 valence electrons. The Morgan fingerprint density at radius 2 is 2.10 bits per heavy atom. The molecule has 0 spiro atoms. The van der Waals surface area contributed by atoms with E-state index in [1.165, 1.54) is 4.90 Å². The molecule has 0 saturated carbocycles. The van der Waals surface area contributed by atoms with Gasteiger partial charge in [0.2, 0.25) is 5.82 Å². The number of nitrogens with one attached hydrogen (secondary N) is 1. The van der Waals surface area contributed by atoms with Crippen LogP contribution in [0.4, 0.5) is 5.82 Å². The number of amides is 2. The van der Waals surface area contributed by atoms with Gasteiger partial charge in [-0.1, -0.05) is 0 Å². The molecule has 0 fully saturated rings. The summed E-state index contributed by atoms with van der Waals surface area (Å²) in [5.41, 5.74) is 1.05. The summed E-state index contributed by atoms with van der Waals surface area (Å²) in [5, 5.41) is 15.8. The lowest BCUT2D eigenvalue weighted by atomic mass is 10.0. The van der Waals surface area contributed by atoms with Crippen molar-refractivity contribution in [2.75, 3.05) is 11.9 Å². The second-order valence-electron chi connectivity index (χ2n) is 7.78. The van der Waals surface area contributed by atoms with Crippen molar-refractivity contribution in [3.05, 3.63) is 41.9 Å². The average Bonchev–Trinajstić information content (AvgIpc) is 3.47. The summed E-state index contributed by atoms with van der Waals surface area (Å²) in [7, 11) is 3.56. The minimum Gasteiger partial charge on any atom is -0.337 e. The van der Waals surface area contributed by atoms with E-state index >= 15 is 0 Å². The van der Waals surface area contributed by atoms with Crippen LogP contribution in [-0.4, -0.2) is 59.2 Å². The molecule has 0 aliphatic carbocycles. The highest BCUT2D eigenvalue weighted by Gasteiger charge is 2.32. The van der Waals surface area contributed by atoms with Crippen LogP contribution in [0.15, 0.2) is 24.7 Å². The minimum atomic E-state index is -0.654. The van der Waals surface area contributed by atoms with Gasteiger partial charge in [0.25, 0.3) is 11.8 Å². The smallest absolute Gasteiger partial charge is 0.291 e. The summed E-state index contributed by atoms with van der Waals surface area (Å²) in [4.78, 5) is 31.7. The van der Waals surface area contributed by atoms with Gasteiger partial charge in [-0.2, -0.15) is 10.2 Å². The lowest BCUT2D eigenvalue weighted by molar-refractivity contribution is -0.120. The van der Waals surface area contributed by atoms with Crippen molar-refractivity contribution in [2.24, 2.45) is 7.05 Å². The summed E-state index contributed by atoms with van der Waals surface area (Å²) < 4.78 is 5.34. The second-order valence-corrected chi connectivity index (χ2v) is 7.78. The van der Waals surface area contributed by atoms with E-state index in [-0.39, 0.29) is 17.8 Å². The normalized spacial score (nSPS) is 21.1. The van der Waals surface area contributed by atoms with Gasteiger partial charge in [0, 0.05) is 44.9 Å². The van der Waals surface area contributed by atoms with Gasteiger partial charge >= 0.3 is 0 Å². The molecule has 11 nitrogen and oxygen atoms in total. The molecule has 5 rings (SSSR count). The van der Waals surface area contributed by atoms with Crippen molar-refractivity contribution in [3.8, 4) is 0 Å². The first kappa shape index (κ1) is 18.5. The van der Waals surface area contributed by atoms with Crippen molar-refractivity contribution < 1.29 is 9.59 Å². The number of fused-ring (bicyclic) bond motifs is 2. The third-order valence-electron chi connectivity index (χ3n) is 5.79.